The summed E-state index contributed by atoms with van der Waals surface area (Å²) in [5.74, 6) is 0. The highest BCUT2D eigenvalue weighted by molar-refractivity contribution is 7.01. The zero-order chi connectivity index (χ0) is 81.4. The number of aromatic nitrogens is 1. The summed E-state index contributed by atoms with van der Waals surface area (Å²) < 4.78 is 10.6. The molecule has 0 aliphatic carbocycles. The molecule has 4 heterocycles. The van der Waals surface area contributed by atoms with Crippen molar-refractivity contribution in [2.75, 3.05) is 19.6 Å². The van der Waals surface area contributed by atoms with Crippen LogP contribution in [0.2, 0.25) is 0 Å². The van der Waals surface area contributed by atoms with Crippen molar-refractivity contribution in [2.45, 2.75) is 105 Å². The summed E-state index contributed by atoms with van der Waals surface area (Å²) in [7, 11) is 0. The largest absolute Gasteiger partial charge is 0.456 e. The van der Waals surface area contributed by atoms with Gasteiger partial charge in [0.25, 0.3) is 6.71 Å². The smallest absolute Gasteiger partial charge is 0.257 e. The Bertz CT molecular complexity index is 6620. The molecule has 0 saturated carbocycles. The average Bonchev–Trinajstić information content (AvgIpc) is 1.65. The summed E-state index contributed by atoms with van der Waals surface area (Å²) in [5.41, 5.74) is 34.0. The maximum atomic E-state index is 8.09. The van der Waals surface area contributed by atoms with Crippen molar-refractivity contribution in [2.24, 2.45) is 0 Å². The molecule has 2 aromatic heterocycles. The second kappa shape index (κ2) is 28.6. The van der Waals surface area contributed by atoms with E-state index < -0.39 is 6.71 Å². The fraction of sp³-hybridized carbons (Fsp3) is 0.143. The first-order valence-electron chi connectivity index (χ1n) is 42.0. The summed E-state index contributed by atoms with van der Waals surface area (Å²) in [6, 6.07) is 137. The van der Waals surface area contributed by atoms with Crippen LogP contribution in [0.1, 0.15) is 105 Å². The van der Waals surface area contributed by atoms with Gasteiger partial charge >= 0.3 is 0 Å². The number of anilines is 12. The van der Waals surface area contributed by atoms with E-state index in [4.69, 9.17) is 4.42 Å². The van der Waals surface area contributed by atoms with Crippen molar-refractivity contribution in [1.82, 2.24) is 4.57 Å². The number of furan rings is 1. The first kappa shape index (κ1) is 74.2. The van der Waals surface area contributed by atoms with Crippen molar-refractivity contribution in [3.63, 3.8) is 0 Å². The zero-order valence-electron chi connectivity index (χ0n) is 69.9. The summed E-state index contributed by atoms with van der Waals surface area (Å²) in [6.07, 6.45) is 0. The molecule has 20 rings (SSSR count). The molecular weight excluding hydrogens is 1440 g/mol. The Kier molecular flexibility index (Phi) is 17.9. The molecule has 0 N–H and O–H groups in total. The van der Waals surface area contributed by atoms with Gasteiger partial charge in [0.1, 0.15) is 11.2 Å². The molecule has 578 valence electrons. The summed E-state index contributed by atoms with van der Waals surface area (Å²) in [5, 5.41) is 4.41. The van der Waals surface area contributed by atoms with E-state index in [1.54, 1.807) is 0 Å². The lowest BCUT2D eigenvalue weighted by Gasteiger charge is -2.46. The van der Waals surface area contributed by atoms with Gasteiger partial charge in [0.2, 0.25) is 0 Å². The molecule has 0 fully saturated rings. The average molecular weight is 1540 g/mol. The van der Waals surface area contributed by atoms with Crippen LogP contribution in [0.3, 0.4) is 0 Å². The maximum Gasteiger partial charge on any atom is 0.257 e. The van der Waals surface area contributed by atoms with Crippen LogP contribution in [-0.4, -0.2) is 11.3 Å². The Morgan fingerprint density at radius 1 is 0.277 bits per heavy atom. The van der Waals surface area contributed by atoms with Gasteiger partial charge < -0.3 is 28.6 Å². The molecule has 7 heteroatoms. The van der Waals surface area contributed by atoms with E-state index in [-0.39, 0.29) is 21.7 Å². The summed E-state index contributed by atoms with van der Waals surface area (Å²) in [4.78, 5) is 10.4. The van der Waals surface area contributed by atoms with E-state index in [2.05, 4.69) is 471 Å². The molecule has 0 bridgehead atoms. The highest BCUT2D eigenvalue weighted by Crippen LogP contribution is 2.57. The Balaban J connectivity index is 1.01. The maximum absolute atomic E-state index is 8.09. The van der Waals surface area contributed by atoms with Crippen molar-refractivity contribution in [3.05, 3.63) is 386 Å². The van der Waals surface area contributed by atoms with Crippen LogP contribution in [0.15, 0.2) is 368 Å². The number of fused-ring (bicyclic) bond motifs is 11. The molecule has 2 aliphatic rings. The van der Waals surface area contributed by atoms with Gasteiger partial charge in [-0.15, -0.1) is 0 Å². The Morgan fingerprint density at radius 3 is 1.01 bits per heavy atom. The SMILES string of the molecule is CC(C)(C)c1ccc(N(c2ccc(C(C)(C)C)cc2)c2ccc3c(c2)N(c2c(-c4ccccc4)cccc2-c2ccccc2)c2cc(-n4c5ccccc5c5ccccc54)cc4c2B3c2c(cc(N(c3ccc(C(C)(C)C)cc3)c3ccc(C(C)(C)C)cc3)c3c2oc2ccccc23)N4c2c(-c3ccccc3)cccc2-c2ccccc2)cc1. The highest BCUT2D eigenvalue weighted by Gasteiger charge is 2.49. The van der Waals surface area contributed by atoms with Gasteiger partial charge in [-0.1, -0.05) is 350 Å². The van der Waals surface area contributed by atoms with E-state index in [1.165, 1.54) is 33.0 Å². The minimum absolute atomic E-state index is 0.0741. The lowest BCUT2D eigenvalue weighted by molar-refractivity contribution is 0.590. The molecule has 0 radical (unpaired) electrons. The first-order chi connectivity index (χ1) is 57.6. The third-order valence-corrected chi connectivity index (χ3v) is 24.8. The van der Waals surface area contributed by atoms with Crippen LogP contribution in [0.5, 0.6) is 0 Å². The fourth-order valence-electron chi connectivity index (χ4n) is 18.7. The van der Waals surface area contributed by atoms with Gasteiger partial charge in [-0.25, -0.2) is 0 Å². The normalized spacial score (nSPS) is 12.8. The minimum Gasteiger partial charge on any atom is -0.456 e. The van der Waals surface area contributed by atoms with Crippen LogP contribution in [0.25, 0.3) is 93.9 Å². The van der Waals surface area contributed by atoms with E-state index >= 15 is 0 Å². The van der Waals surface area contributed by atoms with Crippen LogP contribution in [-0.2, 0) is 21.7 Å². The molecule has 119 heavy (non-hydrogen) atoms. The molecular formula is C112H96BN5O. The van der Waals surface area contributed by atoms with E-state index in [1.807, 2.05) is 0 Å². The molecule has 2 aliphatic heterocycles. The van der Waals surface area contributed by atoms with E-state index in [0.717, 1.165) is 168 Å². The van der Waals surface area contributed by atoms with E-state index in [9.17, 15) is 0 Å². The Hall–Kier alpha value is -13.6. The number of hydrogen-bond donors (Lipinski definition) is 0. The number of benzene rings is 16. The van der Waals surface area contributed by atoms with Gasteiger partial charge in [-0.2, -0.15) is 0 Å². The van der Waals surface area contributed by atoms with Gasteiger partial charge in [-0.05, 0) is 180 Å². The second-order valence-electron chi connectivity index (χ2n) is 36.5. The Morgan fingerprint density at radius 2 is 0.613 bits per heavy atom. The van der Waals surface area contributed by atoms with Gasteiger partial charge in [-0.3, -0.25) is 0 Å². The molecule has 0 unspecified atom stereocenters. The van der Waals surface area contributed by atoms with E-state index in [0.29, 0.717) is 0 Å². The number of rotatable bonds is 13. The molecule has 0 spiro atoms. The number of para-hydroxylation sites is 5. The van der Waals surface area contributed by atoms with Gasteiger partial charge in [0, 0.05) is 89.6 Å². The molecule has 18 aromatic rings. The summed E-state index contributed by atoms with van der Waals surface area (Å²) in [6.45, 7) is 27.1. The zero-order valence-corrected chi connectivity index (χ0v) is 69.9. The topological polar surface area (TPSA) is 31.0 Å². The third kappa shape index (κ3) is 12.8. The van der Waals surface area contributed by atoms with Gasteiger partial charge in [0.05, 0.1) is 39.2 Å². The predicted octanol–water partition coefficient (Wildman–Crippen LogP) is 29.6. The lowest BCUT2D eigenvalue weighted by Crippen LogP contribution is -2.61. The minimum atomic E-state index is -0.486. The second-order valence-corrected chi connectivity index (χ2v) is 36.5. The van der Waals surface area contributed by atoms with Crippen LogP contribution in [0.4, 0.5) is 68.2 Å². The van der Waals surface area contributed by atoms with Crippen molar-refractivity contribution in [1.29, 1.82) is 0 Å². The molecule has 0 amide bonds. The van der Waals surface area contributed by atoms with Crippen LogP contribution in [0, 0.1) is 0 Å². The standard InChI is InChI=1S/C112H96BN5O/c1-109(2,3)77-51-59-81(60-52-77)114(82-61-53-78(54-62-82)110(4,5)6)85-67-68-94-97(69-85)117(106-87(73-33-17-13-18-34-73)44-31-45-88(106)74-35-19-14-20-36-74)99-70-86(116-95-48-28-25-41-91(95)92-42-26-29-49-96(92)116)71-100-104(99)113(94)105-101(118(100)107-89(75-37-21-15-22-38-75)46-32-47-90(107)76-39-23-16-24-40-76)72-98(103-93-43-27-30-50-102(93)119-108(103)105)115(83-63-55-79(56-64-83)111(7,8)9)84-65-57-80(58-66-84)112(10,11)12/h13-72H,1-12H3. The van der Waals surface area contributed by atoms with Crippen molar-refractivity contribution in [3.8, 4) is 50.2 Å². The highest BCUT2D eigenvalue weighted by atomic mass is 16.3. The van der Waals surface area contributed by atoms with Crippen molar-refractivity contribution >= 4 is 135 Å². The molecule has 16 aromatic carbocycles. The molecule has 6 nitrogen and oxygen atoms in total. The monoisotopic (exact) mass is 1540 g/mol. The van der Waals surface area contributed by atoms with Gasteiger partial charge in [0.15, 0.2) is 0 Å². The number of nitrogens with zero attached hydrogens (tertiary/aromatic N) is 5. The molecule has 0 atom stereocenters. The summed E-state index contributed by atoms with van der Waals surface area (Å²) >= 11 is 0. The molecule has 0 saturated heterocycles. The fourth-order valence-corrected chi connectivity index (χ4v) is 18.7. The predicted molar refractivity (Wildman–Crippen MR) is 508 cm³/mol. The van der Waals surface area contributed by atoms with Crippen molar-refractivity contribution < 1.29 is 4.42 Å². The quantitative estimate of drug-likeness (QED) is 0.107. The van der Waals surface area contributed by atoms with Crippen LogP contribution < -0.4 is 36.0 Å². The van der Waals surface area contributed by atoms with Crippen LogP contribution >= 0.6 is 0 Å². The lowest BCUT2D eigenvalue weighted by atomic mass is 9.33. The Labute approximate surface area is 700 Å². The third-order valence-electron chi connectivity index (χ3n) is 24.8. The first-order valence-corrected chi connectivity index (χ1v) is 42.0. The number of hydrogen-bond acceptors (Lipinski definition) is 5.